The molecule has 0 aliphatic heterocycles. The van der Waals surface area contributed by atoms with Crippen molar-refractivity contribution in [3.05, 3.63) is 21.4 Å². The van der Waals surface area contributed by atoms with Crippen LogP contribution < -0.4 is 5.73 Å². The summed E-state index contributed by atoms with van der Waals surface area (Å²) in [5, 5.41) is 0. The Morgan fingerprint density at radius 3 is 2.41 bits per heavy atom. The number of rotatable bonds is 3. The average Bonchev–Trinajstić information content (AvgIpc) is 2.69. The third-order valence-corrected chi connectivity index (χ3v) is 5.74. The second-order valence-corrected chi connectivity index (χ2v) is 6.89. The molecular formula is C15H25NS. The minimum Gasteiger partial charge on any atom is -0.323 e. The van der Waals surface area contributed by atoms with Gasteiger partial charge in [-0.2, -0.15) is 0 Å². The standard InChI is InChI=1S/C15H25NS/c1-4-12-5-7-13(8-6-12)15(16)14-9-10(2)11(3)17-14/h9,12-13,15H,4-8,16H2,1-3H3. The molecule has 1 nitrogen and oxygen atoms in total. The summed E-state index contributed by atoms with van der Waals surface area (Å²) in [6.07, 6.45) is 6.78. The Bertz CT molecular complexity index is 341. The molecule has 96 valence electrons. The lowest BCUT2D eigenvalue weighted by atomic mass is 9.77. The molecule has 2 heteroatoms. The fourth-order valence-electron chi connectivity index (χ4n) is 2.95. The highest BCUT2D eigenvalue weighted by Gasteiger charge is 2.26. The molecule has 2 rings (SSSR count). The maximum Gasteiger partial charge on any atom is 0.0418 e. The van der Waals surface area contributed by atoms with Crippen LogP contribution in [0.25, 0.3) is 0 Å². The first kappa shape index (κ1) is 13.1. The summed E-state index contributed by atoms with van der Waals surface area (Å²) in [5.74, 6) is 1.68. The zero-order valence-electron chi connectivity index (χ0n) is 11.3. The van der Waals surface area contributed by atoms with Gasteiger partial charge >= 0.3 is 0 Å². The summed E-state index contributed by atoms with van der Waals surface area (Å²) in [5.41, 5.74) is 7.85. The molecule has 2 N–H and O–H groups in total. The van der Waals surface area contributed by atoms with Gasteiger partial charge in [-0.3, -0.25) is 0 Å². The van der Waals surface area contributed by atoms with E-state index >= 15 is 0 Å². The van der Waals surface area contributed by atoms with Crippen molar-refractivity contribution in [2.45, 2.75) is 58.9 Å². The van der Waals surface area contributed by atoms with Gasteiger partial charge in [0.15, 0.2) is 0 Å². The Kier molecular flexibility index (Phi) is 4.26. The zero-order valence-corrected chi connectivity index (χ0v) is 12.1. The van der Waals surface area contributed by atoms with Gasteiger partial charge in [0.1, 0.15) is 0 Å². The molecule has 17 heavy (non-hydrogen) atoms. The van der Waals surface area contributed by atoms with Gasteiger partial charge in [-0.25, -0.2) is 0 Å². The molecule has 1 atom stereocenters. The monoisotopic (exact) mass is 251 g/mol. The van der Waals surface area contributed by atoms with Crippen LogP contribution in [0.2, 0.25) is 0 Å². The highest BCUT2D eigenvalue weighted by atomic mass is 32.1. The van der Waals surface area contributed by atoms with Crippen LogP contribution in [-0.2, 0) is 0 Å². The molecule has 0 bridgehead atoms. The first-order valence-corrected chi connectivity index (χ1v) is 7.76. The average molecular weight is 251 g/mol. The molecule has 1 unspecified atom stereocenters. The number of aryl methyl sites for hydroxylation is 2. The van der Waals surface area contributed by atoms with E-state index in [4.69, 9.17) is 5.73 Å². The van der Waals surface area contributed by atoms with Crippen LogP contribution in [0.1, 0.15) is 60.4 Å². The summed E-state index contributed by atoms with van der Waals surface area (Å²) >= 11 is 1.90. The van der Waals surface area contributed by atoms with Crippen LogP contribution in [0.5, 0.6) is 0 Å². The predicted molar refractivity (Wildman–Crippen MR) is 76.5 cm³/mol. The fraction of sp³-hybridized carbons (Fsp3) is 0.733. The lowest BCUT2D eigenvalue weighted by Crippen LogP contribution is -2.25. The number of hydrogen-bond acceptors (Lipinski definition) is 2. The van der Waals surface area contributed by atoms with E-state index in [1.165, 1.54) is 47.4 Å². The van der Waals surface area contributed by atoms with Gasteiger partial charge in [0.05, 0.1) is 0 Å². The van der Waals surface area contributed by atoms with Crippen molar-refractivity contribution in [1.82, 2.24) is 0 Å². The Balaban J connectivity index is 1.99. The minimum atomic E-state index is 0.283. The first-order valence-electron chi connectivity index (χ1n) is 6.94. The van der Waals surface area contributed by atoms with Crippen LogP contribution >= 0.6 is 11.3 Å². The molecule has 1 aromatic heterocycles. The molecule has 0 amide bonds. The Labute approximate surface area is 109 Å². The van der Waals surface area contributed by atoms with Gasteiger partial charge in [0.25, 0.3) is 0 Å². The minimum absolute atomic E-state index is 0.283. The molecule has 1 aromatic rings. The maximum absolute atomic E-state index is 6.45. The van der Waals surface area contributed by atoms with Crippen molar-refractivity contribution >= 4 is 11.3 Å². The third kappa shape index (κ3) is 2.92. The Morgan fingerprint density at radius 2 is 1.94 bits per heavy atom. The second kappa shape index (κ2) is 5.53. The first-order chi connectivity index (χ1) is 8.11. The summed E-state index contributed by atoms with van der Waals surface area (Å²) in [4.78, 5) is 2.83. The molecule has 1 heterocycles. The van der Waals surface area contributed by atoms with Crippen LogP contribution in [0.3, 0.4) is 0 Å². The summed E-state index contributed by atoms with van der Waals surface area (Å²) in [6, 6.07) is 2.58. The van der Waals surface area contributed by atoms with Gasteiger partial charge in [-0.1, -0.05) is 26.2 Å². The fourth-order valence-corrected chi connectivity index (χ4v) is 4.09. The van der Waals surface area contributed by atoms with E-state index in [1.807, 2.05) is 11.3 Å². The van der Waals surface area contributed by atoms with Crippen molar-refractivity contribution < 1.29 is 0 Å². The Hall–Kier alpha value is -0.340. The molecular weight excluding hydrogens is 226 g/mol. The van der Waals surface area contributed by atoms with Gasteiger partial charge in [-0.05, 0) is 50.2 Å². The molecule has 1 fully saturated rings. The van der Waals surface area contributed by atoms with Gasteiger partial charge < -0.3 is 5.73 Å². The quantitative estimate of drug-likeness (QED) is 0.836. The van der Waals surface area contributed by atoms with Gasteiger partial charge in [-0.15, -0.1) is 11.3 Å². The van der Waals surface area contributed by atoms with Crippen molar-refractivity contribution in [3.8, 4) is 0 Å². The Morgan fingerprint density at radius 1 is 1.29 bits per heavy atom. The smallest absolute Gasteiger partial charge is 0.0418 e. The van der Waals surface area contributed by atoms with Gasteiger partial charge in [0.2, 0.25) is 0 Å². The van der Waals surface area contributed by atoms with E-state index in [0.717, 1.165) is 11.8 Å². The third-order valence-electron chi connectivity index (χ3n) is 4.49. The summed E-state index contributed by atoms with van der Waals surface area (Å²) < 4.78 is 0. The predicted octanol–water partition coefficient (Wildman–Crippen LogP) is 4.58. The van der Waals surface area contributed by atoms with Crippen LogP contribution in [0.15, 0.2) is 6.07 Å². The molecule has 0 radical (unpaired) electrons. The lowest BCUT2D eigenvalue weighted by Gasteiger charge is -2.31. The summed E-state index contributed by atoms with van der Waals surface area (Å²) in [7, 11) is 0. The summed E-state index contributed by atoms with van der Waals surface area (Å²) in [6.45, 7) is 6.71. The van der Waals surface area contributed by atoms with Gasteiger partial charge in [0, 0.05) is 15.8 Å². The zero-order chi connectivity index (χ0) is 12.4. The topological polar surface area (TPSA) is 26.0 Å². The SMILES string of the molecule is CCC1CCC(C(N)c2cc(C)c(C)s2)CC1. The number of nitrogens with two attached hydrogens (primary N) is 1. The van der Waals surface area contributed by atoms with E-state index in [2.05, 4.69) is 26.8 Å². The lowest BCUT2D eigenvalue weighted by molar-refractivity contribution is 0.241. The number of thiophene rings is 1. The molecule has 0 saturated heterocycles. The largest absolute Gasteiger partial charge is 0.323 e. The van der Waals surface area contributed by atoms with Crippen LogP contribution in [-0.4, -0.2) is 0 Å². The van der Waals surface area contributed by atoms with E-state index in [0.29, 0.717) is 0 Å². The van der Waals surface area contributed by atoms with Crippen LogP contribution in [0, 0.1) is 25.7 Å². The van der Waals surface area contributed by atoms with Crippen molar-refractivity contribution in [3.63, 3.8) is 0 Å². The van der Waals surface area contributed by atoms with E-state index in [9.17, 15) is 0 Å². The van der Waals surface area contributed by atoms with Crippen molar-refractivity contribution in [2.24, 2.45) is 17.6 Å². The molecule has 1 aliphatic carbocycles. The number of hydrogen-bond donors (Lipinski definition) is 1. The second-order valence-electron chi connectivity index (χ2n) is 5.60. The maximum atomic E-state index is 6.45. The van der Waals surface area contributed by atoms with Crippen molar-refractivity contribution in [2.75, 3.05) is 0 Å². The molecule has 1 aliphatic rings. The highest BCUT2D eigenvalue weighted by Crippen LogP contribution is 2.39. The highest BCUT2D eigenvalue weighted by molar-refractivity contribution is 7.12. The van der Waals surface area contributed by atoms with Crippen LogP contribution in [0.4, 0.5) is 0 Å². The van der Waals surface area contributed by atoms with Crippen molar-refractivity contribution in [1.29, 1.82) is 0 Å². The normalized spacial score (nSPS) is 27.1. The molecule has 0 aromatic carbocycles. The van der Waals surface area contributed by atoms with E-state index < -0.39 is 0 Å². The van der Waals surface area contributed by atoms with E-state index in [1.54, 1.807) is 0 Å². The molecule has 0 spiro atoms. The van der Waals surface area contributed by atoms with E-state index in [-0.39, 0.29) is 6.04 Å². The molecule has 1 saturated carbocycles.